The lowest BCUT2D eigenvalue weighted by Gasteiger charge is -2.55. The lowest BCUT2D eigenvalue weighted by molar-refractivity contribution is -0.140. The molecule has 0 unspecified atom stereocenters. The Balaban J connectivity index is 1.61. The van der Waals surface area contributed by atoms with Crippen LogP contribution in [0.5, 0.6) is 0 Å². The Bertz CT molecular complexity index is 1070. The highest BCUT2D eigenvalue weighted by molar-refractivity contribution is 5.86. The third kappa shape index (κ3) is 2.66. The topological polar surface area (TPSA) is 39.3 Å². The summed E-state index contributed by atoms with van der Waals surface area (Å²) in [6, 6.07) is 19.5. The van der Waals surface area contributed by atoms with Gasteiger partial charge >= 0.3 is 0 Å². The molecule has 1 saturated carbocycles. The summed E-state index contributed by atoms with van der Waals surface area (Å²) in [6.07, 6.45) is 4.93. The van der Waals surface area contributed by atoms with E-state index >= 15 is 0 Å². The number of fused-ring (bicyclic) bond motifs is 4. The number of amides is 1. The van der Waals surface area contributed by atoms with Gasteiger partial charge in [-0.3, -0.25) is 9.69 Å². The van der Waals surface area contributed by atoms with Crippen LogP contribution in [-0.2, 0) is 22.3 Å². The standard InChI is InChI=1S/C26H31N3O/c1-19(30)29-18-13-22-21-11-7-8-12-23(21)27-24(22)26(29)16-14-25(15-17-26,28(2)3)20-9-5-4-6-10-20/h4-12,27H,13-18H2,1-3H3. The second-order valence-corrected chi connectivity index (χ2v) is 9.27. The van der Waals surface area contributed by atoms with E-state index in [1.165, 1.54) is 27.7 Å². The minimum atomic E-state index is -0.229. The Kier molecular flexibility index (Phi) is 4.51. The van der Waals surface area contributed by atoms with Gasteiger partial charge in [0.2, 0.25) is 5.91 Å². The highest BCUT2D eigenvalue weighted by Crippen LogP contribution is 2.53. The van der Waals surface area contributed by atoms with Gasteiger partial charge in [-0.25, -0.2) is 0 Å². The number of nitrogens with one attached hydrogen (secondary N) is 1. The number of carbonyl (C=O) groups is 1. The molecule has 4 nitrogen and oxygen atoms in total. The van der Waals surface area contributed by atoms with Crippen molar-refractivity contribution in [3.63, 3.8) is 0 Å². The molecule has 1 spiro atoms. The molecule has 1 fully saturated rings. The van der Waals surface area contributed by atoms with E-state index in [1.807, 2.05) is 0 Å². The van der Waals surface area contributed by atoms with E-state index in [1.54, 1.807) is 6.92 Å². The molecule has 3 aromatic rings. The summed E-state index contributed by atoms with van der Waals surface area (Å²) in [7, 11) is 4.39. The van der Waals surface area contributed by atoms with E-state index in [9.17, 15) is 4.79 Å². The average Bonchev–Trinajstić information content (AvgIpc) is 3.15. The van der Waals surface area contributed by atoms with Crippen LogP contribution in [0.1, 0.15) is 49.4 Å². The highest BCUT2D eigenvalue weighted by atomic mass is 16.2. The molecule has 4 heteroatoms. The molecule has 0 radical (unpaired) electrons. The minimum Gasteiger partial charge on any atom is -0.356 e. The number of aromatic nitrogens is 1. The normalized spacial score (nSPS) is 26.3. The summed E-state index contributed by atoms with van der Waals surface area (Å²) < 4.78 is 0. The number of nitrogens with zero attached hydrogens (tertiary/aromatic N) is 2. The van der Waals surface area contributed by atoms with Crippen LogP contribution in [0.15, 0.2) is 54.6 Å². The fourth-order valence-electron chi connectivity index (χ4n) is 6.23. The van der Waals surface area contributed by atoms with Gasteiger partial charge in [-0.1, -0.05) is 48.5 Å². The van der Waals surface area contributed by atoms with Gasteiger partial charge < -0.3 is 9.88 Å². The van der Waals surface area contributed by atoms with E-state index in [-0.39, 0.29) is 17.0 Å². The first-order valence-corrected chi connectivity index (χ1v) is 11.1. The second-order valence-electron chi connectivity index (χ2n) is 9.27. The zero-order valence-electron chi connectivity index (χ0n) is 18.2. The van der Waals surface area contributed by atoms with Crippen LogP contribution >= 0.6 is 0 Å². The first kappa shape index (κ1) is 19.4. The van der Waals surface area contributed by atoms with E-state index in [0.29, 0.717) is 0 Å². The van der Waals surface area contributed by atoms with Gasteiger partial charge in [0.25, 0.3) is 0 Å². The Morgan fingerprint density at radius 3 is 2.30 bits per heavy atom. The van der Waals surface area contributed by atoms with Crippen molar-refractivity contribution in [1.29, 1.82) is 0 Å². The number of hydrogen-bond acceptors (Lipinski definition) is 2. The highest BCUT2D eigenvalue weighted by Gasteiger charge is 2.52. The first-order valence-electron chi connectivity index (χ1n) is 11.1. The number of para-hydroxylation sites is 1. The predicted octanol–water partition coefficient (Wildman–Crippen LogP) is 4.80. The van der Waals surface area contributed by atoms with E-state index in [0.717, 1.165) is 38.6 Å². The van der Waals surface area contributed by atoms with Crippen LogP contribution in [0.2, 0.25) is 0 Å². The van der Waals surface area contributed by atoms with Gasteiger partial charge in [0.1, 0.15) is 0 Å². The van der Waals surface area contributed by atoms with Gasteiger partial charge in [0.05, 0.1) is 5.54 Å². The molecule has 1 aromatic heterocycles. The van der Waals surface area contributed by atoms with Gasteiger partial charge in [0, 0.05) is 35.6 Å². The van der Waals surface area contributed by atoms with Crippen molar-refractivity contribution in [3.8, 4) is 0 Å². The molecule has 1 aliphatic carbocycles. The van der Waals surface area contributed by atoms with Crippen LogP contribution in [0.3, 0.4) is 0 Å². The molecule has 0 atom stereocenters. The van der Waals surface area contributed by atoms with Gasteiger partial charge in [-0.05, 0) is 63.4 Å². The number of hydrogen-bond donors (Lipinski definition) is 1. The molecular weight excluding hydrogens is 370 g/mol. The minimum absolute atomic E-state index is 0.0125. The fraction of sp³-hybridized carbons (Fsp3) is 0.423. The van der Waals surface area contributed by atoms with E-state index < -0.39 is 0 Å². The van der Waals surface area contributed by atoms with Crippen molar-refractivity contribution >= 4 is 16.8 Å². The van der Waals surface area contributed by atoms with Gasteiger partial charge in [-0.2, -0.15) is 0 Å². The SMILES string of the molecule is CC(=O)N1CCc2c([nH]c3ccccc23)C12CCC(c1ccccc1)(N(C)C)CC2. The second kappa shape index (κ2) is 6.98. The molecule has 1 amide bonds. The smallest absolute Gasteiger partial charge is 0.220 e. The average molecular weight is 402 g/mol. The Morgan fingerprint density at radius 2 is 1.63 bits per heavy atom. The summed E-state index contributed by atoms with van der Waals surface area (Å²) in [4.78, 5) is 21.1. The third-order valence-electron chi connectivity index (χ3n) is 7.83. The van der Waals surface area contributed by atoms with Crippen molar-refractivity contribution in [2.45, 2.75) is 50.1 Å². The van der Waals surface area contributed by atoms with Crippen LogP contribution in [0, 0.1) is 0 Å². The molecule has 1 aliphatic heterocycles. The molecule has 1 N–H and O–H groups in total. The van der Waals surface area contributed by atoms with Crippen molar-refractivity contribution in [2.24, 2.45) is 0 Å². The lowest BCUT2D eigenvalue weighted by Crippen LogP contribution is -2.58. The zero-order chi connectivity index (χ0) is 20.9. The third-order valence-corrected chi connectivity index (χ3v) is 7.83. The van der Waals surface area contributed by atoms with Gasteiger partial charge in [-0.15, -0.1) is 0 Å². The Hall–Kier alpha value is -2.59. The van der Waals surface area contributed by atoms with Crippen molar-refractivity contribution in [1.82, 2.24) is 14.8 Å². The summed E-state index contributed by atoms with van der Waals surface area (Å²) >= 11 is 0. The number of rotatable bonds is 2. The molecule has 2 heterocycles. The lowest BCUT2D eigenvalue weighted by atomic mass is 9.65. The summed E-state index contributed by atoms with van der Waals surface area (Å²) in [5.41, 5.74) is 5.06. The maximum absolute atomic E-state index is 12.8. The molecular formula is C26H31N3O. The van der Waals surface area contributed by atoms with Crippen LogP contribution in [0.25, 0.3) is 10.9 Å². The molecule has 5 rings (SSSR count). The Labute approximate surface area is 178 Å². The molecule has 0 saturated heterocycles. The molecule has 0 bridgehead atoms. The van der Waals surface area contributed by atoms with Crippen molar-refractivity contribution in [3.05, 3.63) is 71.4 Å². The van der Waals surface area contributed by atoms with Crippen LogP contribution in [0.4, 0.5) is 0 Å². The van der Waals surface area contributed by atoms with Crippen molar-refractivity contribution < 1.29 is 4.79 Å². The van der Waals surface area contributed by atoms with E-state index in [2.05, 4.69) is 83.5 Å². The van der Waals surface area contributed by atoms with Crippen molar-refractivity contribution in [2.75, 3.05) is 20.6 Å². The number of carbonyl (C=O) groups excluding carboxylic acids is 1. The predicted molar refractivity (Wildman–Crippen MR) is 121 cm³/mol. The fourth-order valence-corrected chi connectivity index (χ4v) is 6.23. The largest absolute Gasteiger partial charge is 0.356 e. The molecule has 156 valence electrons. The summed E-state index contributed by atoms with van der Waals surface area (Å²) in [6.45, 7) is 2.55. The van der Waals surface area contributed by atoms with Crippen LogP contribution < -0.4 is 0 Å². The van der Waals surface area contributed by atoms with Gasteiger partial charge in [0.15, 0.2) is 0 Å². The maximum atomic E-state index is 12.8. The maximum Gasteiger partial charge on any atom is 0.220 e. The number of benzene rings is 2. The molecule has 30 heavy (non-hydrogen) atoms. The summed E-state index contributed by atoms with van der Waals surface area (Å²) in [5.74, 6) is 0.191. The zero-order valence-corrected chi connectivity index (χ0v) is 18.2. The number of aromatic amines is 1. The Morgan fingerprint density at radius 1 is 0.967 bits per heavy atom. The van der Waals surface area contributed by atoms with Crippen LogP contribution in [-0.4, -0.2) is 41.3 Å². The molecule has 2 aromatic carbocycles. The monoisotopic (exact) mass is 401 g/mol. The molecule has 2 aliphatic rings. The first-order chi connectivity index (χ1) is 14.5. The quantitative estimate of drug-likeness (QED) is 0.670. The van der Waals surface area contributed by atoms with E-state index in [4.69, 9.17) is 0 Å². The summed E-state index contributed by atoms with van der Waals surface area (Å²) in [5, 5.41) is 1.32. The number of H-pyrrole nitrogens is 1.